The van der Waals surface area contributed by atoms with Crippen LogP contribution in [-0.4, -0.2) is 12.2 Å². The second-order valence-corrected chi connectivity index (χ2v) is 6.25. The molecule has 0 bridgehead atoms. The van der Waals surface area contributed by atoms with Crippen molar-refractivity contribution >= 4 is 11.4 Å². The van der Waals surface area contributed by atoms with Crippen molar-refractivity contribution in [2.45, 2.75) is 46.3 Å². The molecule has 0 aliphatic heterocycles. The summed E-state index contributed by atoms with van der Waals surface area (Å²) in [6.45, 7) is 7.95. The van der Waals surface area contributed by atoms with Crippen molar-refractivity contribution < 1.29 is 9.47 Å². The molecule has 0 heterocycles. The van der Waals surface area contributed by atoms with Gasteiger partial charge in [-0.3, -0.25) is 0 Å². The zero-order valence-electron chi connectivity index (χ0n) is 14.3. The van der Waals surface area contributed by atoms with Gasteiger partial charge in [0.1, 0.15) is 11.5 Å². The van der Waals surface area contributed by atoms with Crippen LogP contribution in [0.2, 0.25) is 0 Å². The SMILES string of the molecule is CC(C)Oc1cc(Cc2ccc(N)c(OC(C)C)c2)ccc1N. The summed E-state index contributed by atoms with van der Waals surface area (Å²) in [5, 5.41) is 0. The fourth-order valence-corrected chi connectivity index (χ4v) is 2.33. The molecule has 0 unspecified atom stereocenters. The third-order valence-electron chi connectivity index (χ3n) is 3.29. The minimum atomic E-state index is 0.0927. The van der Waals surface area contributed by atoms with Gasteiger partial charge in [-0.15, -0.1) is 0 Å². The Balaban J connectivity index is 2.22. The highest BCUT2D eigenvalue weighted by Gasteiger charge is 2.08. The molecule has 2 aromatic rings. The van der Waals surface area contributed by atoms with Gasteiger partial charge in [0.15, 0.2) is 0 Å². The Hall–Kier alpha value is -2.36. The van der Waals surface area contributed by atoms with E-state index in [1.807, 2.05) is 64.1 Å². The second kappa shape index (κ2) is 7.27. The largest absolute Gasteiger partial charge is 0.489 e. The van der Waals surface area contributed by atoms with E-state index < -0.39 is 0 Å². The van der Waals surface area contributed by atoms with E-state index in [2.05, 4.69) is 0 Å². The van der Waals surface area contributed by atoms with E-state index in [1.165, 1.54) is 0 Å². The van der Waals surface area contributed by atoms with Crippen LogP contribution in [0.15, 0.2) is 36.4 Å². The number of hydrogen-bond donors (Lipinski definition) is 2. The van der Waals surface area contributed by atoms with Gasteiger partial charge in [-0.25, -0.2) is 0 Å². The predicted molar refractivity (Wildman–Crippen MR) is 96.0 cm³/mol. The molecule has 4 N–H and O–H groups in total. The Kier molecular flexibility index (Phi) is 5.37. The zero-order chi connectivity index (χ0) is 17.0. The average Bonchev–Trinajstić information content (AvgIpc) is 2.45. The molecule has 0 radical (unpaired) electrons. The third-order valence-corrected chi connectivity index (χ3v) is 3.29. The Labute approximate surface area is 138 Å². The molecule has 2 rings (SSSR count). The maximum Gasteiger partial charge on any atom is 0.142 e. The van der Waals surface area contributed by atoms with Crippen molar-refractivity contribution in [3.05, 3.63) is 47.5 Å². The van der Waals surface area contributed by atoms with E-state index in [1.54, 1.807) is 0 Å². The predicted octanol–water partition coefficient (Wildman–Crippen LogP) is 4.02. The van der Waals surface area contributed by atoms with Crippen molar-refractivity contribution in [3.8, 4) is 11.5 Å². The molecule has 0 atom stereocenters. The Bertz CT molecular complexity index is 609. The topological polar surface area (TPSA) is 70.5 Å². The van der Waals surface area contributed by atoms with Crippen LogP contribution < -0.4 is 20.9 Å². The van der Waals surface area contributed by atoms with Crippen LogP contribution in [-0.2, 0) is 6.42 Å². The monoisotopic (exact) mass is 314 g/mol. The van der Waals surface area contributed by atoms with E-state index in [-0.39, 0.29) is 12.2 Å². The van der Waals surface area contributed by atoms with Gasteiger partial charge in [-0.1, -0.05) is 12.1 Å². The van der Waals surface area contributed by atoms with E-state index in [0.29, 0.717) is 11.4 Å². The minimum absolute atomic E-state index is 0.0927. The Morgan fingerprint density at radius 3 is 1.48 bits per heavy atom. The van der Waals surface area contributed by atoms with Gasteiger partial charge in [0, 0.05) is 0 Å². The average molecular weight is 314 g/mol. The fourth-order valence-electron chi connectivity index (χ4n) is 2.33. The summed E-state index contributed by atoms with van der Waals surface area (Å²) < 4.78 is 11.5. The highest BCUT2D eigenvalue weighted by Crippen LogP contribution is 2.28. The zero-order valence-corrected chi connectivity index (χ0v) is 14.3. The highest BCUT2D eigenvalue weighted by atomic mass is 16.5. The molecule has 4 nitrogen and oxygen atoms in total. The summed E-state index contributed by atoms with van der Waals surface area (Å²) in [6.07, 6.45) is 0.953. The van der Waals surface area contributed by atoms with Crippen LogP contribution in [0, 0.1) is 0 Å². The first-order chi connectivity index (χ1) is 10.8. The van der Waals surface area contributed by atoms with Gasteiger partial charge in [-0.05, 0) is 69.5 Å². The first-order valence-corrected chi connectivity index (χ1v) is 7.95. The number of nitrogen functional groups attached to an aromatic ring is 2. The minimum Gasteiger partial charge on any atom is -0.489 e. The highest BCUT2D eigenvalue weighted by molar-refractivity contribution is 5.56. The molecule has 0 spiro atoms. The summed E-state index contributed by atoms with van der Waals surface area (Å²) in [5.41, 5.74) is 15.5. The van der Waals surface area contributed by atoms with Crippen LogP contribution in [0.4, 0.5) is 11.4 Å². The fraction of sp³-hybridized carbons (Fsp3) is 0.368. The van der Waals surface area contributed by atoms with Gasteiger partial charge in [0.2, 0.25) is 0 Å². The molecular weight excluding hydrogens is 288 g/mol. The van der Waals surface area contributed by atoms with Crippen molar-refractivity contribution in [3.63, 3.8) is 0 Å². The van der Waals surface area contributed by atoms with Gasteiger partial charge >= 0.3 is 0 Å². The Morgan fingerprint density at radius 2 is 1.13 bits per heavy atom. The molecule has 2 aromatic carbocycles. The molecule has 0 saturated carbocycles. The lowest BCUT2D eigenvalue weighted by Gasteiger charge is -2.15. The number of benzene rings is 2. The molecule has 0 fully saturated rings. The normalized spacial score (nSPS) is 11.0. The molecule has 124 valence electrons. The van der Waals surface area contributed by atoms with Crippen molar-refractivity contribution in [1.29, 1.82) is 0 Å². The number of rotatable bonds is 6. The molecule has 0 aliphatic carbocycles. The molecule has 4 heteroatoms. The first-order valence-electron chi connectivity index (χ1n) is 7.95. The van der Waals surface area contributed by atoms with E-state index in [9.17, 15) is 0 Å². The Morgan fingerprint density at radius 1 is 0.739 bits per heavy atom. The van der Waals surface area contributed by atoms with Crippen LogP contribution in [0.5, 0.6) is 11.5 Å². The summed E-state index contributed by atoms with van der Waals surface area (Å²) in [6, 6.07) is 11.8. The van der Waals surface area contributed by atoms with Gasteiger partial charge in [0.05, 0.1) is 23.6 Å². The molecule has 0 aliphatic rings. The maximum absolute atomic E-state index is 5.97. The summed E-state index contributed by atoms with van der Waals surface area (Å²) in [5.74, 6) is 1.46. The van der Waals surface area contributed by atoms with Crippen molar-refractivity contribution in [2.75, 3.05) is 11.5 Å². The molecule has 0 amide bonds. The number of ether oxygens (including phenoxy) is 2. The lowest BCUT2D eigenvalue weighted by molar-refractivity contribution is 0.243. The van der Waals surface area contributed by atoms with Crippen molar-refractivity contribution in [2.24, 2.45) is 0 Å². The summed E-state index contributed by atoms with van der Waals surface area (Å²) in [7, 11) is 0. The molecular formula is C19H26N2O2. The number of anilines is 2. The van der Waals surface area contributed by atoms with Crippen LogP contribution in [0.25, 0.3) is 0 Å². The molecule has 0 saturated heterocycles. The standard InChI is InChI=1S/C19H26N2O2/c1-12(2)22-18-10-14(5-7-16(18)20)9-15-6-8-17(21)19(11-15)23-13(3)4/h5-8,10-13H,9,20-21H2,1-4H3. The summed E-state index contributed by atoms with van der Waals surface area (Å²) in [4.78, 5) is 0. The van der Waals surface area contributed by atoms with Crippen molar-refractivity contribution in [1.82, 2.24) is 0 Å². The second-order valence-electron chi connectivity index (χ2n) is 6.25. The van der Waals surface area contributed by atoms with Crippen LogP contribution in [0.1, 0.15) is 38.8 Å². The van der Waals surface area contributed by atoms with E-state index in [4.69, 9.17) is 20.9 Å². The van der Waals surface area contributed by atoms with Crippen LogP contribution >= 0.6 is 0 Å². The molecule has 0 aromatic heterocycles. The third kappa shape index (κ3) is 4.81. The van der Waals surface area contributed by atoms with Gasteiger partial charge in [0.25, 0.3) is 0 Å². The van der Waals surface area contributed by atoms with E-state index in [0.717, 1.165) is 29.0 Å². The van der Waals surface area contributed by atoms with Gasteiger partial charge < -0.3 is 20.9 Å². The lowest BCUT2D eigenvalue weighted by Crippen LogP contribution is -2.08. The van der Waals surface area contributed by atoms with Gasteiger partial charge in [-0.2, -0.15) is 0 Å². The maximum atomic E-state index is 5.97. The number of nitrogens with two attached hydrogens (primary N) is 2. The quantitative estimate of drug-likeness (QED) is 0.790. The van der Waals surface area contributed by atoms with E-state index >= 15 is 0 Å². The molecule has 23 heavy (non-hydrogen) atoms. The first kappa shape index (κ1) is 17.0. The number of hydrogen-bond acceptors (Lipinski definition) is 4. The lowest BCUT2D eigenvalue weighted by atomic mass is 10.0. The summed E-state index contributed by atoms with van der Waals surface area (Å²) >= 11 is 0. The smallest absolute Gasteiger partial charge is 0.142 e. The van der Waals surface area contributed by atoms with Crippen LogP contribution in [0.3, 0.4) is 0 Å².